The monoisotopic (exact) mass is 304 g/mol. The largest absolute Gasteiger partial charge is 0.377 e. The normalized spacial score (nSPS) is 11.1. The van der Waals surface area contributed by atoms with Crippen LogP contribution in [0.3, 0.4) is 0 Å². The zero-order valence-corrected chi connectivity index (χ0v) is 10.1. The number of hydrogen-bond donors (Lipinski definition) is 0. The van der Waals surface area contributed by atoms with Crippen molar-refractivity contribution >= 4 is 28.5 Å². The molecule has 0 rings (SSSR count). The summed E-state index contributed by atoms with van der Waals surface area (Å²) >= 11 is 2.18. The average Bonchev–Trinajstić information content (AvgIpc) is 2.10. The van der Waals surface area contributed by atoms with Crippen LogP contribution in [0.1, 0.15) is 0 Å². The van der Waals surface area contributed by atoms with Gasteiger partial charge in [-0.25, -0.2) is 0 Å². The maximum Gasteiger partial charge on any atom is 0.0794 e. The fourth-order valence-corrected chi connectivity index (χ4v) is 1.35. The lowest BCUT2D eigenvalue weighted by Crippen LogP contribution is -2.07. The summed E-state index contributed by atoms with van der Waals surface area (Å²) in [5, 5.41) is 0. The van der Waals surface area contributed by atoms with Crippen molar-refractivity contribution in [2.45, 2.75) is 0 Å². The van der Waals surface area contributed by atoms with Gasteiger partial charge in [-0.15, -0.1) is 6.58 Å². The van der Waals surface area contributed by atoms with Gasteiger partial charge in [0, 0.05) is 0 Å². The Morgan fingerprint density at radius 2 is 1.83 bits per heavy atom. The molecule has 0 heterocycles. The van der Waals surface area contributed by atoms with Crippen LogP contribution in [0.4, 0.5) is 0 Å². The minimum absolute atomic E-state index is 0.515. The van der Waals surface area contributed by atoms with Gasteiger partial charge in [-0.05, 0) is 22.0 Å². The second-order valence-corrected chi connectivity index (χ2v) is 3.67. The third kappa shape index (κ3) is 10.8. The first-order valence-electron chi connectivity index (χ1n) is 3.65. The maximum absolute atomic E-state index is 5.20. The van der Waals surface area contributed by atoms with Gasteiger partial charge in [-0.2, -0.15) is 0 Å². The lowest BCUT2D eigenvalue weighted by molar-refractivity contribution is 0.0473. The Bertz CT molecular complexity index is 103. The molecule has 0 aliphatic heterocycles. The van der Waals surface area contributed by atoms with E-state index in [0.717, 1.165) is 0 Å². The second-order valence-electron chi connectivity index (χ2n) is 1.90. The van der Waals surface area contributed by atoms with Gasteiger partial charge in [0.2, 0.25) is 0 Å². The van der Waals surface area contributed by atoms with E-state index in [1.54, 1.807) is 6.08 Å². The number of halogens is 1. The molecular formula is C7H14IO3P. The van der Waals surface area contributed by atoms with Gasteiger partial charge in [0.05, 0.1) is 39.5 Å². The van der Waals surface area contributed by atoms with E-state index >= 15 is 0 Å². The molecule has 1 unspecified atom stereocenters. The molecule has 72 valence electrons. The van der Waals surface area contributed by atoms with Crippen molar-refractivity contribution in [1.82, 2.24) is 0 Å². The van der Waals surface area contributed by atoms with Crippen molar-refractivity contribution in [3.05, 3.63) is 12.7 Å². The zero-order valence-electron chi connectivity index (χ0n) is 6.92. The Hall–Kier alpha value is 0.780. The van der Waals surface area contributed by atoms with Crippen LogP contribution >= 0.6 is 28.5 Å². The van der Waals surface area contributed by atoms with Crippen LogP contribution in [0.15, 0.2) is 12.7 Å². The predicted octanol–water partition coefficient (Wildman–Crippen LogP) is 2.17. The van der Waals surface area contributed by atoms with Crippen molar-refractivity contribution in [2.75, 3.05) is 33.0 Å². The maximum atomic E-state index is 5.20. The third-order valence-corrected chi connectivity index (χ3v) is 2.24. The molecule has 12 heavy (non-hydrogen) atoms. The highest BCUT2D eigenvalue weighted by atomic mass is 127. The minimum atomic E-state index is 0.515. The summed E-state index contributed by atoms with van der Waals surface area (Å²) < 4.78 is 15.4. The standard InChI is InChI=1S/C7H14IO3P/c1-2-3-9-4-5-10-6-7-11-12-8/h2,12H,1,3-7H2. The summed E-state index contributed by atoms with van der Waals surface area (Å²) in [6, 6.07) is 0. The average molecular weight is 304 g/mol. The molecule has 0 amide bonds. The molecule has 0 saturated heterocycles. The second kappa shape index (κ2) is 11.8. The summed E-state index contributed by atoms with van der Waals surface area (Å²) in [5.74, 6) is 0. The molecule has 0 aliphatic rings. The molecule has 5 heteroatoms. The lowest BCUT2D eigenvalue weighted by atomic mass is 10.7. The van der Waals surface area contributed by atoms with Crippen LogP contribution in [0, 0.1) is 0 Å². The van der Waals surface area contributed by atoms with Crippen molar-refractivity contribution < 1.29 is 14.0 Å². The van der Waals surface area contributed by atoms with Gasteiger partial charge in [0.1, 0.15) is 0 Å². The first kappa shape index (κ1) is 12.8. The van der Waals surface area contributed by atoms with Crippen LogP contribution < -0.4 is 0 Å². The van der Waals surface area contributed by atoms with Gasteiger partial charge in [-0.3, -0.25) is 0 Å². The molecule has 0 radical (unpaired) electrons. The van der Waals surface area contributed by atoms with Crippen LogP contribution in [0.2, 0.25) is 0 Å². The summed E-state index contributed by atoms with van der Waals surface area (Å²) in [6.07, 6.45) is 1.72. The van der Waals surface area contributed by atoms with E-state index in [4.69, 9.17) is 14.0 Å². The Morgan fingerprint density at radius 1 is 1.17 bits per heavy atom. The number of hydrogen-bond acceptors (Lipinski definition) is 3. The van der Waals surface area contributed by atoms with E-state index in [0.29, 0.717) is 39.5 Å². The fourth-order valence-electron chi connectivity index (χ4n) is 0.526. The Morgan fingerprint density at radius 3 is 2.50 bits per heavy atom. The Balaban J connectivity index is 2.77. The summed E-state index contributed by atoms with van der Waals surface area (Å²) in [7, 11) is 0. The molecule has 0 N–H and O–H groups in total. The summed E-state index contributed by atoms with van der Waals surface area (Å²) in [6.45, 7) is 7.21. The van der Waals surface area contributed by atoms with E-state index < -0.39 is 0 Å². The fraction of sp³-hybridized carbons (Fsp3) is 0.714. The predicted molar refractivity (Wildman–Crippen MR) is 60.1 cm³/mol. The topological polar surface area (TPSA) is 27.7 Å². The first-order chi connectivity index (χ1) is 5.91. The van der Waals surface area contributed by atoms with Gasteiger partial charge in [-0.1, -0.05) is 6.08 Å². The molecule has 0 aromatic heterocycles. The van der Waals surface area contributed by atoms with Crippen LogP contribution in [-0.2, 0) is 14.0 Å². The van der Waals surface area contributed by atoms with Gasteiger partial charge >= 0.3 is 0 Å². The van der Waals surface area contributed by atoms with Crippen molar-refractivity contribution in [3.8, 4) is 0 Å². The number of rotatable bonds is 9. The first-order valence-corrected chi connectivity index (χ1v) is 7.68. The third-order valence-electron chi connectivity index (χ3n) is 0.992. The summed E-state index contributed by atoms with van der Waals surface area (Å²) in [5.41, 5.74) is 0. The molecule has 3 nitrogen and oxygen atoms in total. The highest BCUT2D eigenvalue weighted by Crippen LogP contribution is 2.20. The van der Waals surface area contributed by atoms with Crippen LogP contribution in [0.25, 0.3) is 0 Å². The molecule has 0 fully saturated rings. The Labute approximate surface area is 88.2 Å². The van der Waals surface area contributed by atoms with E-state index in [-0.39, 0.29) is 0 Å². The van der Waals surface area contributed by atoms with E-state index in [2.05, 4.69) is 28.6 Å². The molecule has 0 aromatic carbocycles. The molecule has 0 aliphatic carbocycles. The highest BCUT2D eigenvalue weighted by Gasteiger charge is 1.88. The molecule has 0 aromatic rings. The summed E-state index contributed by atoms with van der Waals surface area (Å²) in [4.78, 5) is 0. The van der Waals surface area contributed by atoms with E-state index in [1.165, 1.54) is 0 Å². The molecule has 1 atom stereocenters. The highest BCUT2D eigenvalue weighted by molar-refractivity contribution is 14.2. The van der Waals surface area contributed by atoms with Crippen LogP contribution in [-0.4, -0.2) is 33.0 Å². The molecule has 0 saturated carbocycles. The van der Waals surface area contributed by atoms with Crippen molar-refractivity contribution in [1.29, 1.82) is 0 Å². The number of ether oxygens (including phenoxy) is 2. The lowest BCUT2D eigenvalue weighted by Gasteiger charge is -2.03. The van der Waals surface area contributed by atoms with Crippen molar-refractivity contribution in [3.63, 3.8) is 0 Å². The Kier molecular flexibility index (Phi) is 12.5. The van der Waals surface area contributed by atoms with Gasteiger partial charge in [0.25, 0.3) is 0 Å². The smallest absolute Gasteiger partial charge is 0.0794 e. The molecular weight excluding hydrogens is 290 g/mol. The van der Waals surface area contributed by atoms with E-state index in [1.807, 2.05) is 0 Å². The van der Waals surface area contributed by atoms with Crippen molar-refractivity contribution in [2.24, 2.45) is 0 Å². The van der Waals surface area contributed by atoms with Crippen LogP contribution in [0.5, 0.6) is 0 Å². The minimum Gasteiger partial charge on any atom is -0.377 e. The SMILES string of the molecule is C=CCOCCOCCOPI. The zero-order chi connectivity index (χ0) is 9.07. The van der Waals surface area contributed by atoms with Gasteiger partial charge in [0.15, 0.2) is 0 Å². The van der Waals surface area contributed by atoms with E-state index in [9.17, 15) is 0 Å². The quantitative estimate of drug-likeness (QED) is 0.283. The molecule has 0 bridgehead atoms. The van der Waals surface area contributed by atoms with Gasteiger partial charge < -0.3 is 14.0 Å². The molecule has 0 spiro atoms.